The van der Waals surface area contributed by atoms with Crippen molar-refractivity contribution in [2.24, 2.45) is 0 Å². The van der Waals surface area contributed by atoms with E-state index in [-0.39, 0.29) is 16.2 Å². The number of thiophene rings is 1. The third kappa shape index (κ3) is 3.51. The molecule has 2 aromatic rings. The van der Waals surface area contributed by atoms with Crippen molar-refractivity contribution in [3.05, 3.63) is 51.2 Å². The number of carbonyl (C=O) groups is 1. The summed E-state index contributed by atoms with van der Waals surface area (Å²) in [4.78, 5) is 12.3. The minimum Gasteiger partial charge on any atom is -0.478 e. The molecular weight excluding hydrogens is 308 g/mol. The van der Waals surface area contributed by atoms with E-state index < -0.39 is 15.8 Å². The fourth-order valence-corrected chi connectivity index (χ4v) is 4.59. The molecule has 112 valence electrons. The van der Waals surface area contributed by atoms with Gasteiger partial charge in [0.15, 0.2) is 9.84 Å². The lowest BCUT2D eigenvalue weighted by atomic mass is 10.1. The quantitative estimate of drug-likeness (QED) is 0.917. The Bertz CT molecular complexity index is 759. The van der Waals surface area contributed by atoms with Crippen LogP contribution in [0.15, 0.2) is 34.5 Å². The van der Waals surface area contributed by atoms with E-state index in [2.05, 4.69) is 0 Å². The second-order valence-corrected chi connectivity index (χ2v) is 8.00. The van der Waals surface area contributed by atoms with E-state index >= 15 is 0 Å². The molecule has 1 aromatic heterocycles. The molecule has 0 aliphatic rings. The van der Waals surface area contributed by atoms with Gasteiger partial charge in [0.1, 0.15) is 0 Å². The van der Waals surface area contributed by atoms with Crippen LogP contribution in [0.25, 0.3) is 0 Å². The fraction of sp³-hybridized carbons (Fsp3) is 0.267. The molecule has 1 aromatic carbocycles. The van der Waals surface area contributed by atoms with Crippen LogP contribution in [0.3, 0.4) is 0 Å². The first kappa shape index (κ1) is 15.7. The highest BCUT2D eigenvalue weighted by Crippen LogP contribution is 2.23. The van der Waals surface area contributed by atoms with Crippen molar-refractivity contribution in [1.29, 1.82) is 0 Å². The van der Waals surface area contributed by atoms with Crippen LogP contribution in [-0.2, 0) is 16.3 Å². The molecule has 0 aliphatic carbocycles. The summed E-state index contributed by atoms with van der Waals surface area (Å²) in [6, 6.07) is 6.66. The van der Waals surface area contributed by atoms with Gasteiger partial charge >= 0.3 is 5.97 Å². The molecule has 21 heavy (non-hydrogen) atoms. The van der Waals surface area contributed by atoms with Gasteiger partial charge in [0.05, 0.1) is 16.2 Å². The highest BCUT2D eigenvalue weighted by atomic mass is 32.2. The van der Waals surface area contributed by atoms with Crippen LogP contribution in [0.1, 0.15) is 26.4 Å². The van der Waals surface area contributed by atoms with Crippen LogP contribution in [-0.4, -0.2) is 25.2 Å². The monoisotopic (exact) mass is 324 g/mol. The number of hydrogen-bond donors (Lipinski definition) is 1. The first-order valence-electron chi connectivity index (χ1n) is 6.41. The number of carboxylic acid groups (broad SMARTS) is 1. The lowest BCUT2D eigenvalue weighted by Gasteiger charge is -2.10. The van der Waals surface area contributed by atoms with Crippen LogP contribution < -0.4 is 0 Å². The number of aromatic carboxylic acids is 1. The van der Waals surface area contributed by atoms with Crippen molar-refractivity contribution in [3.63, 3.8) is 0 Å². The van der Waals surface area contributed by atoms with Gasteiger partial charge in [0, 0.05) is 4.88 Å². The second-order valence-electron chi connectivity index (χ2n) is 4.89. The minimum atomic E-state index is -3.50. The first-order chi connectivity index (χ1) is 9.81. The van der Waals surface area contributed by atoms with E-state index in [4.69, 9.17) is 5.11 Å². The molecular formula is C15H16O4S2. The Morgan fingerprint density at radius 1 is 1.24 bits per heavy atom. The Kier molecular flexibility index (Phi) is 4.49. The number of benzene rings is 1. The second kappa shape index (κ2) is 5.99. The first-order valence-corrected chi connectivity index (χ1v) is 8.94. The van der Waals surface area contributed by atoms with Crippen molar-refractivity contribution < 1.29 is 18.3 Å². The van der Waals surface area contributed by atoms with E-state index in [1.165, 1.54) is 17.4 Å². The summed E-state index contributed by atoms with van der Waals surface area (Å²) in [5, 5.41) is 11.0. The zero-order valence-electron chi connectivity index (χ0n) is 11.8. The molecule has 4 nitrogen and oxygen atoms in total. The predicted octanol–water partition coefficient (Wildman–Crippen LogP) is 3.08. The molecule has 0 saturated carbocycles. The van der Waals surface area contributed by atoms with Crippen molar-refractivity contribution in [1.82, 2.24) is 0 Å². The van der Waals surface area contributed by atoms with Gasteiger partial charge in [-0.15, -0.1) is 11.3 Å². The molecule has 0 aliphatic heterocycles. The topological polar surface area (TPSA) is 71.4 Å². The standard InChI is InChI=1S/C15H16O4S2/c1-10-8-11(2)14(9-13(10)15(16)17)21(18,19)7-5-12-4-3-6-20-12/h3-4,6,8-9H,5,7H2,1-2H3,(H,16,17). The van der Waals surface area contributed by atoms with E-state index in [0.717, 1.165) is 4.88 Å². The molecule has 0 bridgehead atoms. The summed E-state index contributed by atoms with van der Waals surface area (Å²) in [6.45, 7) is 3.36. The van der Waals surface area contributed by atoms with Gasteiger partial charge in [-0.25, -0.2) is 13.2 Å². The number of rotatable bonds is 5. The summed E-state index contributed by atoms with van der Waals surface area (Å²) in [7, 11) is -3.50. The van der Waals surface area contributed by atoms with Crippen molar-refractivity contribution in [2.75, 3.05) is 5.75 Å². The van der Waals surface area contributed by atoms with Crippen LogP contribution in [0.4, 0.5) is 0 Å². The molecule has 0 unspecified atom stereocenters. The molecule has 0 atom stereocenters. The van der Waals surface area contributed by atoms with Crippen LogP contribution in [0.2, 0.25) is 0 Å². The van der Waals surface area contributed by atoms with Crippen LogP contribution >= 0.6 is 11.3 Å². The summed E-state index contributed by atoms with van der Waals surface area (Å²) < 4.78 is 24.9. The molecule has 1 N–H and O–H groups in total. The Morgan fingerprint density at radius 2 is 1.95 bits per heavy atom. The van der Waals surface area contributed by atoms with E-state index in [9.17, 15) is 13.2 Å². The minimum absolute atomic E-state index is 0.0174. The van der Waals surface area contributed by atoms with Gasteiger partial charge in [-0.1, -0.05) is 12.1 Å². The number of aryl methyl sites for hydroxylation is 3. The van der Waals surface area contributed by atoms with Crippen molar-refractivity contribution in [2.45, 2.75) is 25.2 Å². The molecule has 0 amide bonds. The molecule has 0 spiro atoms. The summed E-state index contributed by atoms with van der Waals surface area (Å²) >= 11 is 1.51. The highest BCUT2D eigenvalue weighted by molar-refractivity contribution is 7.91. The van der Waals surface area contributed by atoms with E-state index in [1.54, 1.807) is 19.9 Å². The zero-order valence-corrected chi connectivity index (χ0v) is 13.4. The lowest BCUT2D eigenvalue weighted by Crippen LogP contribution is -2.12. The third-order valence-corrected chi connectivity index (χ3v) is 6.07. The molecule has 6 heteroatoms. The third-order valence-electron chi connectivity index (χ3n) is 3.28. The van der Waals surface area contributed by atoms with Gasteiger partial charge < -0.3 is 5.11 Å². The van der Waals surface area contributed by atoms with Gasteiger partial charge in [0.25, 0.3) is 0 Å². The van der Waals surface area contributed by atoms with Gasteiger partial charge in [-0.3, -0.25) is 0 Å². The van der Waals surface area contributed by atoms with Crippen molar-refractivity contribution in [3.8, 4) is 0 Å². The van der Waals surface area contributed by atoms with Gasteiger partial charge in [0.2, 0.25) is 0 Å². The maximum Gasteiger partial charge on any atom is 0.335 e. The van der Waals surface area contributed by atoms with Gasteiger partial charge in [-0.05, 0) is 48.9 Å². The van der Waals surface area contributed by atoms with Gasteiger partial charge in [-0.2, -0.15) is 0 Å². The summed E-state index contributed by atoms with van der Waals surface area (Å²) in [5.41, 5.74) is 1.19. The molecule has 0 radical (unpaired) electrons. The maximum atomic E-state index is 12.4. The highest BCUT2D eigenvalue weighted by Gasteiger charge is 2.20. The Labute approximate surface area is 128 Å². The smallest absolute Gasteiger partial charge is 0.335 e. The van der Waals surface area contributed by atoms with E-state index in [0.29, 0.717) is 17.5 Å². The largest absolute Gasteiger partial charge is 0.478 e. The lowest BCUT2D eigenvalue weighted by molar-refractivity contribution is 0.0696. The molecule has 0 saturated heterocycles. The molecule has 0 fully saturated rings. The molecule has 2 rings (SSSR count). The van der Waals surface area contributed by atoms with Crippen molar-refractivity contribution >= 4 is 27.1 Å². The average Bonchev–Trinajstić information content (AvgIpc) is 2.88. The van der Waals surface area contributed by atoms with Crippen LogP contribution in [0, 0.1) is 13.8 Å². The Hall–Kier alpha value is -1.66. The van der Waals surface area contributed by atoms with Crippen LogP contribution in [0.5, 0.6) is 0 Å². The van der Waals surface area contributed by atoms with E-state index in [1.807, 2.05) is 17.5 Å². The number of carboxylic acids is 1. The zero-order chi connectivity index (χ0) is 15.6. The fourth-order valence-electron chi connectivity index (χ4n) is 2.20. The number of hydrogen-bond acceptors (Lipinski definition) is 4. The molecule has 1 heterocycles. The Balaban J connectivity index is 2.35. The maximum absolute atomic E-state index is 12.4. The summed E-state index contributed by atoms with van der Waals surface area (Å²) in [5.74, 6) is -1.13. The normalized spacial score (nSPS) is 11.5. The average molecular weight is 324 g/mol. The number of sulfone groups is 1. The predicted molar refractivity (Wildman–Crippen MR) is 83.0 cm³/mol. The Morgan fingerprint density at radius 3 is 2.52 bits per heavy atom. The summed E-state index contributed by atoms with van der Waals surface area (Å²) in [6.07, 6.45) is 0.440. The SMILES string of the molecule is Cc1cc(C)c(S(=O)(=O)CCc2cccs2)cc1C(=O)O.